The van der Waals surface area contributed by atoms with E-state index in [4.69, 9.17) is 0 Å². The Labute approximate surface area is 171 Å². The third-order valence-corrected chi connectivity index (χ3v) is 6.37. The number of carbonyl (C=O) groups excluding carboxylic acids is 2. The van der Waals surface area contributed by atoms with Gasteiger partial charge in [-0.1, -0.05) is 48.0 Å². The Morgan fingerprint density at radius 1 is 1.07 bits per heavy atom. The molecule has 5 heteroatoms. The van der Waals surface area contributed by atoms with Crippen LogP contribution in [0.1, 0.15) is 29.5 Å². The van der Waals surface area contributed by atoms with Gasteiger partial charge in [-0.05, 0) is 43.9 Å². The fourth-order valence-corrected chi connectivity index (χ4v) is 4.42. The molecule has 4 nitrogen and oxygen atoms in total. The summed E-state index contributed by atoms with van der Waals surface area (Å²) < 4.78 is 0. The highest BCUT2D eigenvalue weighted by Crippen LogP contribution is 2.25. The van der Waals surface area contributed by atoms with Gasteiger partial charge >= 0.3 is 0 Å². The number of amides is 2. The number of hydrogen-bond donors (Lipinski definition) is 1. The molecule has 1 heterocycles. The molecule has 1 fully saturated rings. The summed E-state index contributed by atoms with van der Waals surface area (Å²) in [5, 5.41) is 3.02. The minimum atomic E-state index is -0.000224. The van der Waals surface area contributed by atoms with Crippen molar-refractivity contribution in [1.82, 2.24) is 10.2 Å². The van der Waals surface area contributed by atoms with E-state index in [1.807, 2.05) is 35.2 Å². The summed E-state index contributed by atoms with van der Waals surface area (Å²) in [7, 11) is 0. The first-order valence-corrected chi connectivity index (χ1v) is 10.8. The van der Waals surface area contributed by atoms with Crippen LogP contribution in [-0.2, 0) is 16.1 Å². The average molecular weight is 397 g/mol. The first-order valence-electron chi connectivity index (χ1n) is 9.82. The van der Waals surface area contributed by atoms with Crippen LogP contribution in [-0.4, -0.2) is 35.6 Å². The van der Waals surface area contributed by atoms with E-state index in [0.717, 1.165) is 23.3 Å². The maximum atomic E-state index is 12.5. The summed E-state index contributed by atoms with van der Waals surface area (Å²) in [6.45, 7) is 6.04. The van der Waals surface area contributed by atoms with E-state index in [2.05, 4.69) is 37.4 Å². The van der Waals surface area contributed by atoms with Gasteiger partial charge in [0.05, 0.1) is 5.75 Å². The summed E-state index contributed by atoms with van der Waals surface area (Å²) >= 11 is 1.60. The normalized spacial score (nSPS) is 14.7. The van der Waals surface area contributed by atoms with E-state index in [1.54, 1.807) is 11.8 Å². The maximum Gasteiger partial charge on any atom is 0.232 e. The van der Waals surface area contributed by atoms with Crippen molar-refractivity contribution >= 4 is 23.6 Å². The van der Waals surface area contributed by atoms with Gasteiger partial charge in [0, 0.05) is 30.4 Å². The van der Waals surface area contributed by atoms with Gasteiger partial charge in [-0.3, -0.25) is 9.59 Å². The monoisotopic (exact) mass is 396 g/mol. The summed E-state index contributed by atoms with van der Waals surface area (Å²) in [5.41, 5.74) is 3.55. The van der Waals surface area contributed by atoms with Crippen LogP contribution in [0.25, 0.3) is 0 Å². The van der Waals surface area contributed by atoms with Gasteiger partial charge in [0.25, 0.3) is 0 Å². The van der Waals surface area contributed by atoms with Crippen LogP contribution in [0.2, 0.25) is 0 Å². The van der Waals surface area contributed by atoms with Crippen LogP contribution >= 0.6 is 11.8 Å². The van der Waals surface area contributed by atoms with E-state index in [9.17, 15) is 9.59 Å². The summed E-state index contributed by atoms with van der Waals surface area (Å²) in [6, 6.07) is 16.3. The Morgan fingerprint density at radius 3 is 2.46 bits per heavy atom. The molecule has 2 amide bonds. The quantitative estimate of drug-likeness (QED) is 0.752. The predicted octanol–water partition coefficient (Wildman–Crippen LogP) is 3.95. The first kappa shape index (κ1) is 20.5. The molecular weight excluding hydrogens is 368 g/mol. The van der Waals surface area contributed by atoms with Gasteiger partial charge < -0.3 is 10.2 Å². The van der Waals surface area contributed by atoms with Crippen LogP contribution < -0.4 is 5.32 Å². The summed E-state index contributed by atoms with van der Waals surface area (Å²) in [6.07, 6.45) is 1.47. The second kappa shape index (κ2) is 9.78. The van der Waals surface area contributed by atoms with Crippen molar-refractivity contribution in [1.29, 1.82) is 0 Å². The molecule has 0 radical (unpaired) electrons. The van der Waals surface area contributed by atoms with Crippen molar-refractivity contribution in [3.8, 4) is 0 Å². The highest BCUT2D eigenvalue weighted by Gasteiger charge is 2.27. The van der Waals surface area contributed by atoms with Crippen molar-refractivity contribution in [2.24, 2.45) is 5.92 Å². The molecule has 1 aliphatic rings. The van der Waals surface area contributed by atoms with Gasteiger partial charge in [-0.15, -0.1) is 11.8 Å². The number of nitrogens with zero attached hydrogens (tertiary/aromatic N) is 1. The van der Waals surface area contributed by atoms with Crippen molar-refractivity contribution < 1.29 is 9.59 Å². The molecular formula is C23H28N2O2S. The molecule has 0 bridgehead atoms. The molecule has 0 spiro atoms. The Balaban J connectivity index is 1.41. The standard InChI is InChI=1S/C23H28N2O2S/c1-17-8-9-21(18(2)14-17)28-16-22(26)25-12-10-20(11-13-25)23(27)24-15-19-6-4-3-5-7-19/h3-9,14,20H,10-13,15-16H2,1-2H3,(H,24,27). The molecule has 28 heavy (non-hydrogen) atoms. The number of aryl methyl sites for hydroxylation is 2. The largest absolute Gasteiger partial charge is 0.352 e. The van der Waals surface area contributed by atoms with Gasteiger partial charge in [0.2, 0.25) is 11.8 Å². The van der Waals surface area contributed by atoms with Crippen molar-refractivity contribution in [2.45, 2.75) is 38.1 Å². The second-order valence-corrected chi connectivity index (χ2v) is 8.43. The third-order valence-electron chi connectivity index (χ3n) is 5.21. The number of piperidine rings is 1. The average Bonchev–Trinajstić information content (AvgIpc) is 2.72. The molecule has 0 atom stereocenters. The van der Waals surface area contributed by atoms with Gasteiger partial charge in [-0.25, -0.2) is 0 Å². The Hall–Kier alpha value is -2.27. The summed E-state index contributed by atoms with van der Waals surface area (Å²) in [4.78, 5) is 28.0. The zero-order chi connectivity index (χ0) is 19.9. The number of hydrogen-bond acceptors (Lipinski definition) is 3. The predicted molar refractivity (Wildman–Crippen MR) is 114 cm³/mol. The molecule has 148 valence electrons. The lowest BCUT2D eigenvalue weighted by Gasteiger charge is -2.31. The fraction of sp³-hybridized carbons (Fsp3) is 0.391. The SMILES string of the molecule is Cc1ccc(SCC(=O)N2CCC(C(=O)NCc3ccccc3)CC2)c(C)c1. The highest BCUT2D eigenvalue weighted by atomic mass is 32.2. The van der Waals surface area contributed by atoms with Crippen LogP contribution in [0.5, 0.6) is 0 Å². The molecule has 1 saturated heterocycles. The smallest absolute Gasteiger partial charge is 0.232 e. The third kappa shape index (κ3) is 5.61. The van der Waals surface area contributed by atoms with E-state index < -0.39 is 0 Å². The van der Waals surface area contributed by atoms with E-state index >= 15 is 0 Å². The molecule has 0 unspecified atom stereocenters. The van der Waals surface area contributed by atoms with E-state index in [0.29, 0.717) is 25.4 Å². The van der Waals surface area contributed by atoms with Crippen molar-refractivity contribution in [3.05, 3.63) is 65.2 Å². The van der Waals surface area contributed by atoms with Crippen molar-refractivity contribution in [2.75, 3.05) is 18.8 Å². The van der Waals surface area contributed by atoms with Gasteiger partial charge in [-0.2, -0.15) is 0 Å². The molecule has 0 aromatic heterocycles. The number of rotatable bonds is 6. The minimum absolute atomic E-state index is 0.000224. The number of benzene rings is 2. The first-order chi connectivity index (χ1) is 13.5. The van der Waals surface area contributed by atoms with Crippen LogP contribution in [0.3, 0.4) is 0 Å². The Morgan fingerprint density at radius 2 is 1.79 bits per heavy atom. The lowest BCUT2D eigenvalue weighted by molar-refractivity contribution is -0.133. The molecule has 1 N–H and O–H groups in total. The molecule has 2 aromatic carbocycles. The molecule has 3 rings (SSSR count). The number of likely N-dealkylation sites (tertiary alicyclic amines) is 1. The fourth-order valence-electron chi connectivity index (χ4n) is 3.51. The summed E-state index contributed by atoms with van der Waals surface area (Å²) in [5.74, 6) is 0.711. The molecule has 0 saturated carbocycles. The van der Waals surface area contributed by atoms with Crippen LogP contribution in [0.15, 0.2) is 53.4 Å². The zero-order valence-corrected chi connectivity index (χ0v) is 17.4. The molecule has 1 aliphatic heterocycles. The highest BCUT2D eigenvalue weighted by molar-refractivity contribution is 8.00. The van der Waals surface area contributed by atoms with Gasteiger partial charge in [0.15, 0.2) is 0 Å². The minimum Gasteiger partial charge on any atom is -0.352 e. The van der Waals surface area contributed by atoms with E-state index in [-0.39, 0.29) is 17.7 Å². The Kier molecular flexibility index (Phi) is 7.15. The maximum absolute atomic E-state index is 12.5. The topological polar surface area (TPSA) is 49.4 Å². The van der Waals surface area contributed by atoms with Crippen molar-refractivity contribution in [3.63, 3.8) is 0 Å². The Bertz CT molecular complexity index is 815. The molecule has 2 aromatic rings. The van der Waals surface area contributed by atoms with Crippen LogP contribution in [0.4, 0.5) is 0 Å². The second-order valence-electron chi connectivity index (χ2n) is 7.42. The number of carbonyl (C=O) groups is 2. The number of nitrogens with one attached hydrogen (secondary N) is 1. The van der Waals surface area contributed by atoms with Gasteiger partial charge in [0.1, 0.15) is 0 Å². The van der Waals surface area contributed by atoms with Crippen LogP contribution in [0, 0.1) is 19.8 Å². The molecule has 0 aliphatic carbocycles. The van der Waals surface area contributed by atoms with E-state index in [1.165, 1.54) is 11.1 Å². The lowest BCUT2D eigenvalue weighted by Crippen LogP contribution is -2.43. The number of thioether (sulfide) groups is 1. The zero-order valence-electron chi connectivity index (χ0n) is 16.6. The lowest BCUT2D eigenvalue weighted by atomic mass is 9.96.